The third-order valence-electron chi connectivity index (χ3n) is 5.52. The molecule has 5 rings (SSSR count). The molecule has 2 aromatic carbocycles. The number of aliphatic hydroxyl groups excluding tert-OH is 1. The van der Waals surface area contributed by atoms with Gasteiger partial charge in [-0.3, -0.25) is 9.36 Å². The minimum atomic E-state index is -0.0780. The van der Waals surface area contributed by atoms with E-state index in [9.17, 15) is 9.90 Å². The molecule has 25 heavy (non-hydrogen) atoms. The van der Waals surface area contributed by atoms with Gasteiger partial charge in [-0.2, -0.15) is 0 Å². The van der Waals surface area contributed by atoms with Crippen molar-refractivity contribution in [2.75, 3.05) is 18.1 Å². The lowest BCUT2D eigenvalue weighted by molar-refractivity contribution is 0.274. The molecule has 1 aliphatic carbocycles. The van der Waals surface area contributed by atoms with Crippen molar-refractivity contribution in [3.8, 4) is 0 Å². The Morgan fingerprint density at radius 3 is 2.68 bits per heavy atom. The predicted octanol–water partition coefficient (Wildman–Crippen LogP) is 2.44. The molecule has 2 heterocycles. The molecule has 1 aromatic heterocycles. The molecule has 1 N–H and O–H groups in total. The molecule has 2 bridgehead atoms. The molecule has 126 valence electrons. The van der Waals surface area contributed by atoms with Crippen molar-refractivity contribution in [3.05, 3.63) is 70.0 Å². The molecule has 2 unspecified atom stereocenters. The monoisotopic (exact) mass is 333 g/mol. The van der Waals surface area contributed by atoms with Crippen LogP contribution in [0.5, 0.6) is 0 Å². The van der Waals surface area contributed by atoms with Crippen molar-refractivity contribution in [1.82, 2.24) is 9.55 Å². The Kier molecular flexibility index (Phi) is 3.18. The summed E-state index contributed by atoms with van der Waals surface area (Å²) in [7, 11) is 0. The Hall–Kier alpha value is -2.66. The number of hydrogen-bond acceptors (Lipinski definition) is 4. The highest BCUT2D eigenvalue weighted by atomic mass is 16.3. The Morgan fingerprint density at radius 1 is 1.08 bits per heavy atom. The van der Waals surface area contributed by atoms with Crippen molar-refractivity contribution in [1.29, 1.82) is 0 Å². The van der Waals surface area contributed by atoms with Crippen LogP contribution in [0.2, 0.25) is 0 Å². The number of hydrogen-bond donors (Lipinski definition) is 1. The van der Waals surface area contributed by atoms with Crippen LogP contribution < -0.4 is 10.5 Å². The zero-order valence-corrected chi connectivity index (χ0v) is 13.8. The van der Waals surface area contributed by atoms with E-state index < -0.39 is 0 Å². The Labute approximate surface area is 145 Å². The van der Waals surface area contributed by atoms with Crippen LogP contribution in [0.3, 0.4) is 0 Å². The molecule has 0 spiro atoms. The lowest BCUT2D eigenvalue weighted by Crippen LogP contribution is -2.35. The second kappa shape index (κ2) is 5.43. The summed E-state index contributed by atoms with van der Waals surface area (Å²) >= 11 is 0. The van der Waals surface area contributed by atoms with Crippen LogP contribution in [-0.4, -0.2) is 27.8 Å². The summed E-state index contributed by atoms with van der Waals surface area (Å²) in [5, 5.41) is 10.1. The summed E-state index contributed by atoms with van der Waals surface area (Å²) in [4.78, 5) is 20.0. The topological polar surface area (TPSA) is 58.4 Å². The van der Waals surface area contributed by atoms with E-state index in [0.29, 0.717) is 22.8 Å². The van der Waals surface area contributed by atoms with Crippen LogP contribution in [-0.2, 0) is 6.54 Å². The van der Waals surface area contributed by atoms with Crippen molar-refractivity contribution < 1.29 is 5.11 Å². The quantitative estimate of drug-likeness (QED) is 0.800. The molecule has 0 radical (unpaired) electrons. The smallest absolute Gasteiger partial charge is 0.262 e. The Morgan fingerprint density at radius 2 is 1.84 bits per heavy atom. The molecular formula is C20H19N3O2. The minimum Gasteiger partial charge on any atom is -0.395 e. The van der Waals surface area contributed by atoms with E-state index in [1.54, 1.807) is 10.6 Å². The van der Waals surface area contributed by atoms with Crippen LogP contribution in [0.4, 0.5) is 5.95 Å². The molecule has 0 saturated carbocycles. The van der Waals surface area contributed by atoms with Gasteiger partial charge in [0.2, 0.25) is 5.95 Å². The van der Waals surface area contributed by atoms with Gasteiger partial charge in [0.25, 0.3) is 5.56 Å². The fourth-order valence-electron chi connectivity index (χ4n) is 4.44. The SMILES string of the molecule is O=c1c2ccccc2nc(N2CC3CC2c2ccccc23)n1CCO. The Balaban J connectivity index is 1.69. The van der Waals surface area contributed by atoms with Gasteiger partial charge in [-0.25, -0.2) is 4.98 Å². The van der Waals surface area contributed by atoms with Crippen molar-refractivity contribution in [3.63, 3.8) is 0 Å². The zero-order chi connectivity index (χ0) is 17.0. The van der Waals surface area contributed by atoms with Crippen LogP contribution in [0.1, 0.15) is 29.5 Å². The molecule has 0 amide bonds. The largest absolute Gasteiger partial charge is 0.395 e. The lowest BCUT2D eigenvalue weighted by atomic mass is 9.99. The van der Waals surface area contributed by atoms with E-state index in [0.717, 1.165) is 13.0 Å². The predicted molar refractivity (Wildman–Crippen MR) is 97.0 cm³/mol. The van der Waals surface area contributed by atoms with Crippen molar-refractivity contribution >= 4 is 16.9 Å². The van der Waals surface area contributed by atoms with E-state index in [-0.39, 0.29) is 24.8 Å². The van der Waals surface area contributed by atoms with Gasteiger partial charge in [0.05, 0.1) is 30.1 Å². The van der Waals surface area contributed by atoms with Crippen molar-refractivity contribution in [2.45, 2.75) is 24.9 Å². The summed E-state index contributed by atoms with van der Waals surface area (Å²) in [5.41, 5.74) is 3.41. The first-order valence-corrected chi connectivity index (χ1v) is 8.74. The first-order chi connectivity index (χ1) is 12.3. The number of aliphatic hydroxyl groups is 1. The normalized spacial score (nSPS) is 21.1. The third-order valence-corrected chi connectivity index (χ3v) is 5.52. The average Bonchev–Trinajstić information content (AvgIpc) is 3.24. The summed E-state index contributed by atoms with van der Waals surface area (Å²) in [6.07, 6.45) is 1.07. The van der Waals surface area contributed by atoms with E-state index >= 15 is 0 Å². The molecule has 3 aromatic rings. The summed E-state index contributed by atoms with van der Waals surface area (Å²) < 4.78 is 1.63. The first-order valence-electron chi connectivity index (χ1n) is 8.74. The van der Waals surface area contributed by atoms with Gasteiger partial charge in [-0.05, 0) is 29.7 Å². The van der Waals surface area contributed by atoms with Crippen molar-refractivity contribution in [2.24, 2.45) is 0 Å². The number of benzene rings is 2. The van der Waals surface area contributed by atoms with Gasteiger partial charge in [-0.1, -0.05) is 36.4 Å². The highest BCUT2D eigenvalue weighted by Crippen LogP contribution is 2.51. The fraction of sp³-hybridized carbons (Fsp3) is 0.300. The minimum absolute atomic E-state index is 0.0779. The molecular weight excluding hydrogens is 314 g/mol. The van der Waals surface area contributed by atoms with Gasteiger partial charge < -0.3 is 10.0 Å². The summed E-state index contributed by atoms with van der Waals surface area (Å²) in [6, 6.07) is 16.3. The molecule has 5 nitrogen and oxygen atoms in total. The fourth-order valence-corrected chi connectivity index (χ4v) is 4.44. The van der Waals surface area contributed by atoms with E-state index in [2.05, 4.69) is 29.2 Å². The number of rotatable bonds is 3. The maximum Gasteiger partial charge on any atom is 0.262 e. The van der Waals surface area contributed by atoms with Crippen LogP contribution in [0.25, 0.3) is 10.9 Å². The van der Waals surface area contributed by atoms with Gasteiger partial charge in [0.1, 0.15) is 0 Å². The highest BCUT2D eigenvalue weighted by Gasteiger charge is 2.43. The number of aromatic nitrogens is 2. The second-order valence-corrected chi connectivity index (χ2v) is 6.84. The molecule has 2 aliphatic rings. The molecule has 2 atom stereocenters. The molecule has 1 saturated heterocycles. The number of nitrogens with zero attached hydrogens (tertiary/aromatic N) is 3. The van der Waals surface area contributed by atoms with Crippen LogP contribution in [0.15, 0.2) is 53.3 Å². The van der Waals surface area contributed by atoms with E-state index in [1.807, 2.05) is 18.2 Å². The Bertz CT molecular complexity index is 1030. The second-order valence-electron chi connectivity index (χ2n) is 6.84. The maximum atomic E-state index is 12.9. The van der Waals surface area contributed by atoms with Crippen LogP contribution >= 0.6 is 0 Å². The standard InChI is InChI=1S/C20H19N3O2/c24-10-9-22-19(25)16-7-3-4-8-17(16)21-20(22)23-12-13-11-18(23)15-6-2-1-5-14(13)15/h1-8,13,18,24H,9-12H2. The summed E-state index contributed by atoms with van der Waals surface area (Å²) in [6.45, 7) is 1.06. The number of fused-ring (bicyclic) bond motifs is 6. The van der Waals surface area contributed by atoms with Gasteiger partial charge in [-0.15, -0.1) is 0 Å². The van der Waals surface area contributed by atoms with E-state index in [1.165, 1.54) is 11.1 Å². The first kappa shape index (κ1) is 14.7. The van der Waals surface area contributed by atoms with Crippen LogP contribution in [0, 0.1) is 0 Å². The molecule has 1 aliphatic heterocycles. The van der Waals surface area contributed by atoms with E-state index in [4.69, 9.17) is 4.98 Å². The highest BCUT2D eigenvalue weighted by molar-refractivity contribution is 5.79. The number of anilines is 1. The zero-order valence-electron chi connectivity index (χ0n) is 13.8. The van der Waals surface area contributed by atoms with Gasteiger partial charge >= 0.3 is 0 Å². The lowest BCUT2D eigenvalue weighted by Gasteiger charge is -2.31. The molecule has 1 fully saturated rings. The van der Waals surface area contributed by atoms with Gasteiger partial charge in [0.15, 0.2) is 0 Å². The summed E-state index contributed by atoms with van der Waals surface area (Å²) in [5.74, 6) is 1.17. The molecule has 5 heteroatoms. The average molecular weight is 333 g/mol. The third kappa shape index (κ3) is 2.05. The maximum absolute atomic E-state index is 12.9. The number of para-hydroxylation sites is 1. The van der Waals surface area contributed by atoms with Gasteiger partial charge in [0, 0.05) is 12.5 Å².